The van der Waals surface area contributed by atoms with E-state index in [4.69, 9.17) is 11.6 Å². The number of rotatable bonds is 1. The Bertz CT molecular complexity index is 955. The molecule has 1 aromatic rings. The van der Waals surface area contributed by atoms with Crippen molar-refractivity contribution in [2.24, 2.45) is 10.8 Å². The standard InChI is InChI=1S/C19H21ClO5S/c1-18(2)9-19(3,4)17(23)13(16(18)22)15(21)11-5-6-12-10(14(11)20)7-8-26(12,24)25/h5-6,21H,7-9H2,1-4H3. The molecule has 0 bridgehead atoms. The number of ketones is 2. The van der Waals surface area contributed by atoms with Crippen LogP contribution in [0.15, 0.2) is 22.6 Å². The number of hydrogen-bond donors (Lipinski definition) is 1. The number of aliphatic hydroxyl groups excluding tert-OH is 1. The van der Waals surface area contributed by atoms with Crippen LogP contribution < -0.4 is 0 Å². The van der Waals surface area contributed by atoms with Crippen molar-refractivity contribution in [3.63, 3.8) is 0 Å². The van der Waals surface area contributed by atoms with Crippen molar-refractivity contribution in [1.82, 2.24) is 0 Å². The summed E-state index contributed by atoms with van der Waals surface area (Å²) < 4.78 is 24.0. The fourth-order valence-electron chi connectivity index (χ4n) is 4.05. The molecule has 1 aliphatic heterocycles. The number of halogens is 1. The Balaban J connectivity index is 2.24. The average Bonchev–Trinajstić information content (AvgIpc) is 2.81. The molecule has 1 N–H and O–H groups in total. The lowest BCUT2D eigenvalue weighted by Gasteiger charge is -2.39. The van der Waals surface area contributed by atoms with E-state index < -0.39 is 38.0 Å². The summed E-state index contributed by atoms with van der Waals surface area (Å²) in [5.41, 5.74) is -1.31. The zero-order valence-corrected chi connectivity index (χ0v) is 16.7. The predicted octanol–water partition coefficient (Wildman–Crippen LogP) is 3.53. The third-order valence-electron chi connectivity index (χ3n) is 5.22. The lowest BCUT2D eigenvalue weighted by atomic mass is 9.61. The molecule has 1 fully saturated rings. The van der Waals surface area contributed by atoms with Crippen LogP contribution in [0, 0.1) is 10.8 Å². The van der Waals surface area contributed by atoms with Crippen molar-refractivity contribution >= 4 is 38.8 Å². The minimum absolute atomic E-state index is 0.0409. The lowest BCUT2D eigenvalue weighted by Crippen LogP contribution is -2.45. The van der Waals surface area contributed by atoms with Crippen molar-refractivity contribution in [2.45, 2.75) is 45.4 Å². The van der Waals surface area contributed by atoms with Gasteiger partial charge in [0, 0.05) is 16.4 Å². The molecule has 0 radical (unpaired) electrons. The zero-order chi connectivity index (χ0) is 19.7. The summed E-state index contributed by atoms with van der Waals surface area (Å²) >= 11 is 6.35. The molecule has 0 atom stereocenters. The molecule has 1 aromatic carbocycles. The molecule has 1 heterocycles. The van der Waals surface area contributed by atoms with E-state index in [0.717, 1.165) is 0 Å². The van der Waals surface area contributed by atoms with Crippen LogP contribution >= 0.6 is 11.6 Å². The third-order valence-corrected chi connectivity index (χ3v) is 7.44. The average molecular weight is 397 g/mol. The summed E-state index contributed by atoms with van der Waals surface area (Å²) in [6, 6.07) is 2.74. The van der Waals surface area contributed by atoms with Crippen molar-refractivity contribution in [2.75, 3.05) is 5.75 Å². The number of Topliss-reactive ketones (excluding diaryl/α,β-unsaturated/α-hetero) is 2. The van der Waals surface area contributed by atoms with Crippen molar-refractivity contribution < 1.29 is 23.1 Å². The highest BCUT2D eigenvalue weighted by atomic mass is 35.5. The van der Waals surface area contributed by atoms with Gasteiger partial charge in [-0.15, -0.1) is 0 Å². The third kappa shape index (κ3) is 2.70. The summed E-state index contributed by atoms with van der Waals surface area (Å²) in [6.07, 6.45) is 0.621. The second-order valence-electron chi connectivity index (χ2n) is 8.30. The quantitative estimate of drug-likeness (QED) is 0.445. The van der Waals surface area contributed by atoms with Gasteiger partial charge in [0.25, 0.3) is 0 Å². The number of hydrogen-bond acceptors (Lipinski definition) is 5. The van der Waals surface area contributed by atoms with Gasteiger partial charge in [0.2, 0.25) is 0 Å². The Kier molecular flexibility index (Phi) is 4.17. The molecule has 26 heavy (non-hydrogen) atoms. The summed E-state index contributed by atoms with van der Waals surface area (Å²) in [5, 5.41) is 10.9. The van der Waals surface area contributed by atoms with E-state index in [9.17, 15) is 23.1 Å². The molecule has 1 aliphatic carbocycles. The highest BCUT2D eigenvalue weighted by molar-refractivity contribution is 7.91. The topological polar surface area (TPSA) is 88.5 Å². The van der Waals surface area contributed by atoms with E-state index in [1.807, 2.05) is 0 Å². The van der Waals surface area contributed by atoms with Crippen LogP contribution in [0.3, 0.4) is 0 Å². The first-order chi connectivity index (χ1) is 11.8. The normalized spacial score (nSPS) is 23.0. The van der Waals surface area contributed by atoms with E-state index in [1.165, 1.54) is 12.1 Å². The number of carbonyl (C=O) groups excluding carboxylic acids is 2. The Labute approximate surface area is 158 Å². The van der Waals surface area contributed by atoms with Gasteiger partial charge < -0.3 is 5.11 Å². The number of allylic oxidation sites excluding steroid dienone is 1. The first kappa shape index (κ1) is 19.1. The summed E-state index contributed by atoms with van der Waals surface area (Å²) in [7, 11) is -3.37. The Morgan fingerprint density at radius 1 is 1.08 bits per heavy atom. The molecule has 0 aromatic heterocycles. The molecule has 5 nitrogen and oxygen atoms in total. The molecule has 0 amide bonds. The molecular formula is C19H21ClO5S. The van der Waals surface area contributed by atoms with Gasteiger partial charge in [-0.25, -0.2) is 8.42 Å². The van der Waals surface area contributed by atoms with Gasteiger partial charge in [-0.05, 0) is 30.5 Å². The predicted molar refractivity (Wildman–Crippen MR) is 99.0 cm³/mol. The number of benzene rings is 1. The maximum atomic E-state index is 12.8. The van der Waals surface area contributed by atoms with Crippen LogP contribution in [-0.2, 0) is 25.8 Å². The van der Waals surface area contributed by atoms with E-state index in [0.29, 0.717) is 12.0 Å². The van der Waals surface area contributed by atoms with Crippen molar-refractivity contribution in [3.05, 3.63) is 33.9 Å². The van der Waals surface area contributed by atoms with Gasteiger partial charge in [-0.1, -0.05) is 39.3 Å². The highest BCUT2D eigenvalue weighted by Gasteiger charge is 2.50. The Hall–Kier alpha value is -1.66. The highest BCUT2D eigenvalue weighted by Crippen LogP contribution is 2.46. The first-order valence-corrected chi connectivity index (χ1v) is 10.4. The van der Waals surface area contributed by atoms with Crippen LogP contribution in [0.2, 0.25) is 5.02 Å². The fraction of sp³-hybridized carbons (Fsp3) is 0.474. The van der Waals surface area contributed by atoms with Crippen LogP contribution in [0.4, 0.5) is 0 Å². The van der Waals surface area contributed by atoms with Crippen LogP contribution in [0.5, 0.6) is 0 Å². The zero-order valence-electron chi connectivity index (χ0n) is 15.1. The van der Waals surface area contributed by atoms with Gasteiger partial charge in [-0.3, -0.25) is 9.59 Å². The maximum absolute atomic E-state index is 12.8. The second kappa shape index (κ2) is 5.67. The molecule has 0 unspecified atom stereocenters. The van der Waals surface area contributed by atoms with E-state index in [1.54, 1.807) is 27.7 Å². The molecule has 7 heteroatoms. The lowest BCUT2D eigenvalue weighted by molar-refractivity contribution is -0.137. The minimum Gasteiger partial charge on any atom is -0.506 e. The first-order valence-electron chi connectivity index (χ1n) is 8.37. The van der Waals surface area contributed by atoms with Crippen molar-refractivity contribution in [1.29, 1.82) is 0 Å². The smallest absolute Gasteiger partial charge is 0.179 e. The minimum atomic E-state index is -3.37. The molecular weight excluding hydrogens is 376 g/mol. The summed E-state index contributed by atoms with van der Waals surface area (Å²) in [4.78, 5) is 25.8. The van der Waals surface area contributed by atoms with Gasteiger partial charge in [-0.2, -0.15) is 0 Å². The number of carbonyl (C=O) groups is 2. The summed E-state index contributed by atoms with van der Waals surface area (Å²) in [5.74, 6) is -1.37. The molecule has 140 valence electrons. The molecule has 3 rings (SSSR count). The van der Waals surface area contributed by atoms with Gasteiger partial charge >= 0.3 is 0 Å². The van der Waals surface area contributed by atoms with E-state index in [-0.39, 0.29) is 33.2 Å². The number of sulfone groups is 1. The van der Waals surface area contributed by atoms with Gasteiger partial charge in [0.1, 0.15) is 11.3 Å². The molecule has 0 saturated heterocycles. The largest absolute Gasteiger partial charge is 0.506 e. The van der Waals surface area contributed by atoms with Crippen LogP contribution in [0.25, 0.3) is 5.76 Å². The molecule has 2 aliphatic rings. The monoisotopic (exact) mass is 396 g/mol. The van der Waals surface area contributed by atoms with Gasteiger partial charge in [0.05, 0.1) is 15.7 Å². The SMILES string of the molecule is CC1(C)CC(C)(C)C(=O)C(=C(O)c2ccc3c(c2Cl)CCS3(=O)=O)C1=O. The number of aliphatic hydroxyl groups is 1. The van der Waals surface area contributed by atoms with Crippen LogP contribution in [-0.4, -0.2) is 30.8 Å². The maximum Gasteiger partial charge on any atom is 0.179 e. The number of fused-ring (bicyclic) bond motifs is 1. The van der Waals surface area contributed by atoms with E-state index in [2.05, 4.69) is 0 Å². The second-order valence-corrected chi connectivity index (χ2v) is 10.8. The summed E-state index contributed by atoms with van der Waals surface area (Å²) in [6.45, 7) is 6.97. The Morgan fingerprint density at radius 3 is 2.15 bits per heavy atom. The van der Waals surface area contributed by atoms with E-state index >= 15 is 0 Å². The fourth-order valence-corrected chi connectivity index (χ4v) is 6.00. The molecule has 1 saturated carbocycles. The van der Waals surface area contributed by atoms with Gasteiger partial charge in [0.15, 0.2) is 21.4 Å². The molecule has 0 spiro atoms. The Morgan fingerprint density at radius 2 is 1.62 bits per heavy atom. The van der Waals surface area contributed by atoms with Crippen molar-refractivity contribution in [3.8, 4) is 0 Å². The van der Waals surface area contributed by atoms with Crippen LogP contribution in [0.1, 0.15) is 45.2 Å².